The minimum Gasteiger partial charge on any atom is -0.482 e. The zero-order valence-electron chi connectivity index (χ0n) is 12.9. The van der Waals surface area contributed by atoms with Crippen molar-refractivity contribution in [3.05, 3.63) is 59.7 Å². The van der Waals surface area contributed by atoms with E-state index in [0.717, 1.165) is 5.56 Å². The SMILES string of the molecule is O=C(O)COc1ccc(-c2csc(NC(=O)c3cccnc3)n2)cc1. The molecule has 0 aliphatic rings. The molecule has 0 saturated heterocycles. The molecule has 3 aromatic rings. The number of pyridine rings is 1. The summed E-state index contributed by atoms with van der Waals surface area (Å²) in [5.74, 6) is -0.838. The van der Waals surface area contributed by atoms with Crippen LogP contribution in [0.4, 0.5) is 5.13 Å². The minimum atomic E-state index is -1.03. The Morgan fingerprint density at radius 3 is 2.68 bits per heavy atom. The van der Waals surface area contributed by atoms with Gasteiger partial charge in [0.1, 0.15) is 5.75 Å². The number of nitrogens with one attached hydrogen (secondary N) is 1. The van der Waals surface area contributed by atoms with E-state index in [1.54, 1.807) is 42.6 Å². The molecule has 0 atom stereocenters. The van der Waals surface area contributed by atoms with Crippen LogP contribution in [0, 0.1) is 0 Å². The Kier molecular flexibility index (Phi) is 5.00. The second kappa shape index (κ2) is 7.54. The largest absolute Gasteiger partial charge is 0.482 e. The first-order valence-electron chi connectivity index (χ1n) is 7.24. The molecule has 126 valence electrons. The lowest BCUT2D eigenvalue weighted by Crippen LogP contribution is -2.11. The quantitative estimate of drug-likeness (QED) is 0.705. The molecule has 2 N–H and O–H groups in total. The molecule has 7 nitrogen and oxygen atoms in total. The van der Waals surface area contributed by atoms with Gasteiger partial charge in [-0.1, -0.05) is 0 Å². The van der Waals surface area contributed by atoms with Crippen LogP contribution in [0.1, 0.15) is 10.4 Å². The van der Waals surface area contributed by atoms with Crippen LogP contribution < -0.4 is 10.1 Å². The summed E-state index contributed by atoms with van der Waals surface area (Å²) in [6.07, 6.45) is 3.09. The third-order valence-electron chi connectivity index (χ3n) is 3.16. The summed E-state index contributed by atoms with van der Waals surface area (Å²) in [6, 6.07) is 10.3. The summed E-state index contributed by atoms with van der Waals surface area (Å²) < 4.78 is 5.08. The number of carbonyl (C=O) groups excluding carboxylic acids is 1. The second-order valence-corrected chi connectivity index (χ2v) is 5.80. The molecule has 3 rings (SSSR count). The molecule has 0 spiro atoms. The third kappa shape index (κ3) is 4.39. The number of aliphatic carboxylic acids is 1. The fourth-order valence-corrected chi connectivity index (χ4v) is 2.71. The fraction of sp³-hybridized carbons (Fsp3) is 0.0588. The highest BCUT2D eigenvalue weighted by molar-refractivity contribution is 7.14. The van der Waals surface area contributed by atoms with Crippen molar-refractivity contribution in [2.24, 2.45) is 0 Å². The summed E-state index contributed by atoms with van der Waals surface area (Å²) in [5, 5.41) is 13.6. The topological polar surface area (TPSA) is 101 Å². The van der Waals surface area contributed by atoms with Crippen molar-refractivity contribution in [3.63, 3.8) is 0 Å². The first-order chi connectivity index (χ1) is 12.1. The lowest BCUT2D eigenvalue weighted by molar-refractivity contribution is -0.139. The number of ether oxygens (including phenoxy) is 1. The maximum Gasteiger partial charge on any atom is 0.341 e. The van der Waals surface area contributed by atoms with Crippen LogP contribution in [0.25, 0.3) is 11.3 Å². The molecule has 25 heavy (non-hydrogen) atoms. The highest BCUT2D eigenvalue weighted by Gasteiger charge is 2.10. The van der Waals surface area contributed by atoms with Gasteiger partial charge < -0.3 is 9.84 Å². The van der Waals surface area contributed by atoms with Crippen molar-refractivity contribution < 1.29 is 19.4 Å². The second-order valence-electron chi connectivity index (χ2n) is 4.94. The smallest absolute Gasteiger partial charge is 0.341 e. The minimum absolute atomic E-state index is 0.272. The normalized spacial score (nSPS) is 10.2. The van der Waals surface area contributed by atoms with E-state index in [2.05, 4.69) is 15.3 Å². The van der Waals surface area contributed by atoms with E-state index in [-0.39, 0.29) is 12.5 Å². The Balaban J connectivity index is 1.67. The summed E-state index contributed by atoms with van der Waals surface area (Å²) in [5.41, 5.74) is 2.00. The average Bonchev–Trinajstić information content (AvgIpc) is 3.09. The van der Waals surface area contributed by atoms with Gasteiger partial charge in [0.05, 0.1) is 11.3 Å². The molecule has 2 heterocycles. The van der Waals surface area contributed by atoms with E-state index in [1.165, 1.54) is 17.5 Å². The highest BCUT2D eigenvalue weighted by atomic mass is 32.1. The molecule has 0 aliphatic carbocycles. The van der Waals surface area contributed by atoms with Gasteiger partial charge in [-0.2, -0.15) is 0 Å². The van der Waals surface area contributed by atoms with Gasteiger partial charge in [-0.15, -0.1) is 11.3 Å². The molecular formula is C17H13N3O4S. The number of hydrogen-bond acceptors (Lipinski definition) is 6. The maximum absolute atomic E-state index is 12.1. The van der Waals surface area contributed by atoms with Crippen LogP contribution in [0.2, 0.25) is 0 Å². The summed E-state index contributed by atoms with van der Waals surface area (Å²) >= 11 is 1.31. The Morgan fingerprint density at radius 1 is 1.20 bits per heavy atom. The number of nitrogens with zero attached hydrogens (tertiary/aromatic N) is 2. The van der Waals surface area contributed by atoms with Crippen molar-refractivity contribution >= 4 is 28.3 Å². The van der Waals surface area contributed by atoms with E-state index in [4.69, 9.17) is 9.84 Å². The number of amides is 1. The van der Waals surface area contributed by atoms with Gasteiger partial charge in [-0.3, -0.25) is 15.1 Å². The number of thiazole rings is 1. The first-order valence-corrected chi connectivity index (χ1v) is 8.12. The molecule has 2 aromatic heterocycles. The van der Waals surface area contributed by atoms with Gasteiger partial charge in [0, 0.05) is 23.3 Å². The van der Waals surface area contributed by atoms with Gasteiger partial charge >= 0.3 is 5.97 Å². The van der Waals surface area contributed by atoms with Crippen LogP contribution in [0.15, 0.2) is 54.2 Å². The molecule has 1 aromatic carbocycles. The predicted molar refractivity (Wildman–Crippen MR) is 92.9 cm³/mol. The highest BCUT2D eigenvalue weighted by Crippen LogP contribution is 2.26. The van der Waals surface area contributed by atoms with Crippen molar-refractivity contribution in [2.45, 2.75) is 0 Å². The Labute approximate surface area is 147 Å². The molecule has 0 unspecified atom stereocenters. The Bertz CT molecular complexity index is 878. The molecule has 1 amide bonds. The molecular weight excluding hydrogens is 342 g/mol. The number of carbonyl (C=O) groups is 2. The number of benzene rings is 1. The zero-order chi connectivity index (χ0) is 17.6. The van der Waals surface area contributed by atoms with Gasteiger partial charge in [0.25, 0.3) is 5.91 Å². The predicted octanol–water partition coefficient (Wildman–Crippen LogP) is 2.92. The van der Waals surface area contributed by atoms with Gasteiger partial charge in [0.2, 0.25) is 0 Å². The van der Waals surface area contributed by atoms with E-state index < -0.39 is 5.97 Å². The van der Waals surface area contributed by atoms with Gasteiger partial charge in [0.15, 0.2) is 11.7 Å². The zero-order valence-corrected chi connectivity index (χ0v) is 13.7. The van der Waals surface area contributed by atoms with Gasteiger partial charge in [-0.05, 0) is 36.4 Å². The fourth-order valence-electron chi connectivity index (χ4n) is 2.00. The van der Waals surface area contributed by atoms with E-state index in [1.807, 2.05) is 5.38 Å². The average molecular weight is 355 g/mol. The number of hydrogen-bond donors (Lipinski definition) is 2. The van der Waals surface area contributed by atoms with Crippen molar-refractivity contribution in [2.75, 3.05) is 11.9 Å². The number of aromatic nitrogens is 2. The van der Waals surface area contributed by atoms with E-state index in [9.17, 15) is 9.59 Å². The van der Waals surface area contributed by atoms with Crippen molar-refractivity contribution in [1.82, 2.24) is 9.97 Å². The molecule has 0 aliphatic heterocycles. The summed E-state index contributed by atoms with van der Waals surface area (Å²) in [7, 11) is 0. The van der Waals surface area contributed by atoms with Crippen LogP contribution >= 0.6 is 11.3 Å². The molecule has 0 saturated carbocycles. The van der Waals surface area contributed by atoms with Crippen molar-refractivity contribution in [3.8, 4) is 17.0 Å². The molecule has 0 bridgehead atoms. The van der Waals surface area contributed by atoms with Crippen LogP contribution in [-0.2, 0) is 4.79 Å². The maximum atomic E-state index is 12.1. The van der Waals surface area contributed by atoms with Crippen LogP contribution in [0.5, 0.6) is 5.75 Å². The van der Waals surface area contributed by atoms with Crippen LogP contribution in [0.3, 0.4) is 0 Å². The van der Waals surface area contributed by atoms with Crippen LogP contribution in [-0.4, -0.2) is 33.6 Å². The number of carboxylic acid groups (broad SMARTS) is 1. The Hall–Kier alpha value is -3.26. The van der Waals surface area contributed by atoms with Crippen molar-refractivity contribution in [1.29, 1.82) is 0 Å². The molecule has 8 heteroatoms. The first kappa shape index (κ1) is 16.6. The third-order valence-corrected chi connectivity index (χ3v) is 3.92. The van der Waals surface area contributed by atoms with E-state index in [0.29, 0.717) is 22.1 Å². The lowest BCUT2D eigenvalue weighted by atomic mass is 10.2. The standard InChI is InChI=1S/C17H13N3O4S/c21-15(22)9-24-13-5-3-11(4-6-13)14-10-25-17(19-14)20-16(23)12-2-1-7-18-8-12/h1-8,10H,9H2,(H,21,22)(H,19,20,23). The Morgan fingerprint density at radius 2 is 2.00 bits per heavy atom. The lowest BCUT2D eigenvalue weighted by Gasteiger charge is -2.03. The number of anilines is 1. The number of rotatable bonds is 6. The molecule has 0 fully saturated rings. The number of carboxylic acids is 1. The molecule has 0 radical (unpaired) electrons. The summed E-state index contributed by atoms with van der Waals surface area (Å²) in [4.78, 5) is 30.9. The van der Waals surface area contributed by atoms with Gasteiger partial charge in [-0.25, -0.2) is 9.78 Å². The van der Waals surface area contributed by atoms with E-state index >= 15 is 0 Å². The monoisotopic (exact) mass is 355 g/mol. The summed E-state index contributed by atoms with van der Waals surface area (Å²) in [6.45, 7) is -0.388.